The molecule has 0 spiro atoms. The van der Waals surface area contributed by atoms with Crippen LogP contribution in [0.25, 0.3) is 10.1 Å². The Bertz CT molecular complexity index is 702. The first-order chi connectivity index (χ1) is 9.74. The van der Waals surface area contributed by atoms with Crippen LogP contribution in [0.5, 0.6) is 0 Å². The maximum atomic E-state index is 3.60. The zero-order valence-electron chi connectivity index (χ0n) is 11.3. The molecule has 0 radical (unpaired) electrons. The fourth-order valence-electron chi connectivity index (χ4n) is 2.30. The Morgan fingerprint density at radius 3 is 2.65 bits per heavy atom. The average molecular weight is 346 g/mol. The van der Waals surface area contributed by atoms with Crippen molar-refractivity contribution in [2.45, 2.75) is 19.5 Å². The third kappa shape index (κ3) is 2.95. The summed E-state index contributed by atoms with van der Waals surface area (Å²) in [6.07, 6.45) is 0. The molecule has 0 saturated carbocycles. The van der Waals surface area contributed by atoms with Crippen LogP contribution in [0.1, 0.15) is 24.1 Å². The number of benzene rings is 2. The highest BCUT2D eigenvalue weighted by Gasteiger charge is 2.07. The van der Waals surface area contributed by atoms with E-state index in [9.17, 15) is 0 Å². The van der Waals surface area contributed by atoms with E-state index in [1.165, 1.54) is 21.2 Å². The van der Waals surface area contributed by atoms with Crippen molar-refractivity contribution < 1.29 is 0 Å². The Kier molecular flexibility index (Phi) is 4.20. The SMILES string of the molecule is CC(NCc1csc2ccccc12)c1ccc(Br)cc1. The van der Waals surface area contributed by atoms with Crippen molar-refractivity contribution in [1.82, 2.24) is 5.32 Å². The number of nitrogens with one attached hydrogen (secondary N) is 1. The largest absolute Gasteiger partial charge is 0.306 e. The summed E-state index contributed by atoms with van der Waals surface area (Å²) in [7, 11) is 0. The number of thiophene rings is 1. The van der Waals surface area contributed by atoms with Crippen molar-refractivity contribution in [2.75, 3.05) is 0 Å². The third-order valence-electron chi connectivity index (χ3n) is 3.53. The quantitative estimate of drug-likeness (QED) is 0.656. The first-order valence-electron chi connectivity index (χ1n) is 6.68. The van der Waals surface area contributed by atoms with Gasteiger partial charge in [0.05, 0.1) is 0 Å². The monoisotopic (exact) mass is 345 g/mol. The molecule has 0 aliphatic carbocycles. The highest BCUT2D eigenvalue weighted by atomic mass is 79.9. The first kappa shape index (κ1) is 13.8. The fourth-order valence-corrected chi connectivity index (χ4v) is 3.53. The topological polar surface area (TPSA) is 12.0 Å². The molecule has 1 nitrogen and oxygen atoms in total. The lowest BCUT2D eigenvalue weighted by molar-refractivity contribution is 0.577. The van der Waals surface area contributed by atoms with Gasteiger partial charge in [0, 0.05) is 21.8 Å². The summed E-state index contributed by atoms with van der Waals surface area (Å²) < 4.78 is 2.48. The van der Waals surface area contributed by atoms with E-state index >= 15 is 0 Å². The second-order valence-electron chi connectivity index (χ2n) is 4.91. The number of hydrogen-bond acceptors (Lipinski definition) is 2. The summed E-state index contributed by atoms with van der Waals surface area (Å²) >= 11 is 5.29. The molecule has 1 heterocycles. The zero-order valence-corrected chi connectivity index (χ0v) is 13.7. The van der Waals surface area contributed by atoms with Gasteiger partial charge in [-0.3, -0.25) is 0 Å². The van der Waals surface area contributed by atoms with Gasteiger partial charge in [0.25, 0.3) is 0 Å². The highest BCUT2D eigenvalue weighted by molar-refractivity contribution is 9.10. The molecule has 0 aliphatic rings. The fraction of sp³-hybridized carbons (Fsp3) is 0.176. The lowest BCUT2D eigenvalue weighted by atomic mass is 10.1. The van der Waals surface area contributed by atoms with E-state index in [2.05, 4.69) is 82.1 Å². The van der Waals surface area contributed by atoms with Gasteiger partial charge in [-0.1, -0.05) is 46.3 Å². The minimum absolute atomic E-state index is 0.349. The number of fused-ring (bicyclic) bond motifs is 1. The Labute approximate surface area is 131 Å². The van der Waals surface area contributed by atoms with Crippen LogP contribution in [0, 0.1) is 0 Å². The van der Waals surface area contributed by atoms with Crippen molar-refractivity contribution in [1.29, 1.82) is 0 Å². The summed E-state index contributed by atoms with van der Waals surface area (Å²) in [6, 6.07) is 17.4. The molecule has 1 atom stereocenters. The van der Waals surface area contributed by atoms with E-state index in [0.29, 0.717) is 6.04 Å². The lowest BCUT2D eigenvalue weighted by Gasteiger charge is -2.14. The van der Waals surface area contributed by atoms with Gasteiger partial charge in [-0.15, -0.1) is 11.3 Å². The molecule has 3 rings (SSSR count). The van der Waals surface area contributed by atoms with Crippen molar-refractivity contribution in [3.05, 3.63) is 69.5 Å². The molecule has 3 aromatic rings. The molecule has 0 fully saturated rings. The molecular weight excluding hydrogens is 330 g/mol. The van der Waals surface area contributed by atoms with Gasteiger partial charge in [0.15, 0.2) is 0 Å². The Hall–Kier alpha value is -1.16. The first-order valence-corrected chi connectivity index (χ1v) is 8.35. The molecular formula is C17H16BrNS. The lowest BCUT2D eigenvalue weighted by Crippen LogP contribution is -2.17. The third-order valence-corrected chi connectivity index (χ3v) is 5.07. The van der Waals surface area contributed by atoms with Crippen LogP contribution in [0.3, 0.4) is 0 Å². The summed E-state index contributed by atoms with van der Waals surface area (Å²) in [5.41, 5.74) is 2.70. The van der Waals surface area contributed by atoms with Gasteiger partial charge in [-0.2, -0.15) is 0 Å². The molecule has 2 aromatic carbocycles. The smallest absolute Gasteiger partial charge is 0.0346 e. The Morgan fingerprint density at radius 1 is 1.10 bits per heavy atom. The molecule has 0 saturated heterocycles. The van der Waals surface area contributed by atoms with Crippen LogP contribution < -0.4 is 5.32 Å². The van der Waals surface area contributed by atoms with Gasteiger partial charge in [-0.05, 0) is 47.0 Å². The van der Waals surface area contributed by atoms with E-state index in [4.69, 9.17) is 0 Å². The number of halogens is 1. The van der Waals surface area contributed by atoms with E-state index < -0.39 is 0 Å². The standard InChI is InChI=1S/C17H16BrNS/c1-12(13-6-8-15(18)9-7-13)19-10-14-11-20-17-5-3-2-4-16(14)17/h2-9,11-12,19H,10H2,1H3. The molecule has 102 valence electrons. The Morgan fingerprint density at radius 2 is 1.85 bits per heavy atom. The molecule has 0 bridgehead atoms. The minimum Gasteiger partial charge on any atom is -0.306 e. The second kappa shape index (κ2) is 6.08. The van der Waals surface area contributed by atoms with Crippen LogP contribution in [0.15, 0.2) is 58.4 Å². The predicted molar refractivity (Wildman–Crippen MR) is 91.2 cm³/mol. The summed E-state index contributed by atoms with van der Waals surface area (Å²) in [4.78, 5) is 0. The van der Waals surface area contributed by atoms with Gasteiger partial charge < -0.3 is 5.32 Å². The predicted octanol–water partition coefficient (Wildman–Crippen LogP) is 5.51. The van der Waals surface area contributed by atoms with Crippen molar-refractivity contribution in [3.63, 3.8) is 0 Å². The molecule has 1 N–H and O–H groups in total. The average Bonchev–Trinajstić information content (AvgIpc) is 2.89. The summed E-state index contributed by atoms with van der Waals surface area (Å²) in [6.45, 7) is 3.11. The van der Waals surface area contributed by atoms with Gasteiger partial charge in [-0.25, -0.2) is 0 Å². The van der Waals surface area contributed by atoms with Gasteiger partial charge in [0.1, 0.15) is 0 Å². The molecule has 3 heteroatoms. The van der Waals surface area contributed by atoms with E-state index in [-0.39, 0.29) is 0 Å². The molecule has 20 heavy (non-hydrogen) atoms. The molecule has 0 amide bonds. The molecule has 0 aliphatic heterocycles. The van der Waals surface area contributed by atoms with E-state index in [1.807, 2.05) is 11.3 Å². The van der Waals surface area contributed by atoms with Crippen LogP contribution in [0.4, 0.5) is 0 Å². The number of hydrogen-bond donors (Lipinski definition) is 1. The van der Waals surface area contributed by atoms with Crippen molar-refractivity contribution in [2.24, 2.45) is 0 Å². The number of rotatable bonds is 4. The van der Waals surface area contributed by atoms with Crippen LogP contribution in [-0.2, 0) is 6.54 Å². The van der Waals surface area contributed by atoms with Crippen molar-refractivity contribution in [3.8, 4) is 0 Å². The Balaban J connectivity index is 1.71. The second-order valence-corrected chi connectivity index (χ2v) is 6.74. The maximum Gasteiger partial charge on any atom is 0.0346 e. The van der Waals surface area contributed by atoms with Gasteiger partial charge in [0.2, 0.25) is 0 Å². The van der Waals surface area contributed by atoms with Crippen LogP contribution >= 0.6 is 27.3 Å². The van der Waals surface area contributed by atoms with Crippen molar-refractivity contribution >= 4 is 37.4 Å². The van der Waals surface area contributed by atoms with E-state index in [1.54, 1.807) is 0 Å². The van der Waals surface area contributed by atoms with Crippen LogP contribution in [0.2, 0.25) is 0 Å². The molecule has 1 aromatic heterocycles. The van der Waals surface area contributed by atoms with E-state index in [0.717, 1.165) is 11.0 Å². The summed E-state index contributed by atoms with van der Waals surface area (Å²) in [5.74, 6) is 0. The normalized spacial score (nSPS) is 12.7. The highest BCUT2D eigenvalue weighted by Crippen LogP contribution is 2.26. The minimum atomic E-state index is 0.349. The zero-order chi connectivity index (χ0) is 13.9. The summed E-state index contributed by atoms with van der Waals surface area (Å²) in [5, 5.41) is 7.23. The maximum absolute atomic E-state index is 3.60. The molecule has 1 unspecified atom stereocenters. The van der Waals surface area contributed by atoms with Crippen LogP contribution in [-0.4, -0.2) is 0 Å². The van der Waals surface area contributed by atoms with Gasteiger partial charge >= 0.3 is 0 Å².